The summed E-state index contributed by atoms with van der Waals surface area (Å²) < 4.78 is 31.9. The van der Waals surface area contributed by atoms with Crippen LogP contribution in [0.5, 0.6) is 11.5 Å². The fourth-order valence-corrected chi connectivity index (χ4v) is 9.31. The quantitative estimate of drug-likeness (QED) is 0.220. The normalized spacial score (nSPS) is 20.5. The number of ether oxygens (including phenoxy) is 2. The van der Waals surface area contributed by atoms with Gasteiger partial charge in [-0.25, -0.2) is 4.67 Å². The number of hydrogen-bond acceptors (Lipinski definition) is 3. The van der Waals surface area contributed by atoms with E-state index < -0.39 is 7.44 Å². The molecule has 198 valence electrons. The number of anilines is 1. The molecule has 0 aromatic heterocycles. The lowest BCUT2D eigenvalue weighted by Crippen LogP contribution is -2.29. The summed E-state index contributed by atoms with van der Waals surface area (Å²) in [5.41, 5.74) is 5.40. The van der Waals surface area contributed by atoms with E-state index >= 15 is 4.57 Å². The fourth-order valence-electron chi connectivity index (χ4n) is 5.76. The third-order valence-electron chi connectivity index (χ3n) is 7.76. The molecular formula is C33H33N2O3P. The van der Waals surface area contributed by atoms with Crippen LogP contribution in [0.15, 0.2) is 104 Å². The van der Waals surface area contributed by atoms with Gasteiger partial charge in [0, 0.05) is 24.8 Å². The standard InChI is InChI=1S/C33H33N2O3P/c1-3-25-14-18-27(19-15-25)28-20-16-26(17-21-28)24-38-32-13-7-12-31(37-2)33(32)39(36)34-22-8-11-30(34)23-35(39)29-9-5-4-6-10-29/h3-7,9-10,12-21,30H,1,8,11,22-24H2,2H3/t30-,39?/m1/s1. The van der Waals surface area contributed by atoms with Crippen molar-refractivity contribution in [2.45, 2.75) is 25.5 Å². The van der Waals surface area contributed by atoms with E-state index in [2.05, 4.69) is 64.5 Å². The van der Waals surface area contributed by atoms with Gasteiger partial charge in [-0.05, 0) is 59.4 Å². The van der Waals surface area contributed by atoms with Crippen LogP contribution in [0.3, 0.4) is 0 Å². The van der Waals surface area contributed by atoms with E-state index in [4.69, 9.17) is 9.47 Å². The maximum Gasteiger partial charge on any atom is 0.276 e. The first kappa shape index (κ1) is 25.5. The summed E-state index contributed by atoms with van der Waals surface area (Å²) in [6.45, 7) is 5.73. The van der Waals surface area contributed by atoms with Crippen LogP contribution in [-0.4, -0.2) is 30.9 Å². The Morgan fingerprint density at radius 2 is 1.59 bits per heavy atom. The molecule has 0 spiro atoms. The third kappa shape index (κ3) is 4.67. The second-order valence-corrected chi connectivity index (χ2v) is 12.6. The average Bonchev–Trinajstić information content (AvgIpc) is 3.58. The summed E-state index contributed by atoms with van der Waals surface area (Å²) in [6, 6.07) is 32.8. The minimum absolute atomic E-state index is 0.252. The van der Waals surface area contributed by atoms with Crippen LogP contribution < -0.4 is 19.4 Å². The highest BCUT2D eigenvalue weighted by molar-refractivity contribution is 7.71. The summed E-state index contributed by atoms with van der Waals surface area (Å²) >= 11 is 0. The first-order valence-electron chi connectivity index (χ1n) is 13.4. The van der Waals surface area contributed by atoms with Gasteiger partial charge in [0.1, 0.15) is 23.4 Å². The molecule has 0 bridgehead atoms. The summed E-state index contributed by atoms with van der Waals surface area (Å²) in [6.07, 6.45) is 3.94. The van der Waals surface area contributed by atoms with Crippen molar-refractivity contribution in [3.05, 3.63) is 115 Å². The minimum atomic E-state index is -3.22. The van der Waals surface area contributed by atoms with E-state index in [-0.39, 0.29) is 6.04 Å². The maximum absolute atomic E-state index is 15.3. The van der Waals surface area contributed by atoms with Crippen molar-refractivity contribution >= 4 is 24.5 Å². The zero-order valence-corrected chi connectivity index (χ0v) is 23.1. The lowest BCUT2D eigenvalue weighted by Gasteiger charge is -2.33. The van der Waals surface area contributed by atoms with Gasteiger partial charge >= 0.3 is 0 Å². The highest BCUT2D eigenvalue weighted by Gasteiger charge is 2.54. The van der Waals surface area contributed by atoms with Crippen molar-refractivity contribution in [2.24, 2.45) is 0 Å². The van der Waals surface area contributed by atoms with E-state index in [1.807, 2.05) is 54.6 Å². The average molecular weight is 537 g/mol. The molecule has 6 rings (SSSR count). The molecular weight excluding hydrogens is 503 g/mol. The first-order valence-corrected chi connectivity index (χ1v) is 15.1. The van der Waals surface area contributed by atoms with Gasteiger partial charge < -0.3 is 14.1 Å². The molecule has 2 heterocycles. The maximum atomic E-state index is 15.3. The van der Waals surface area contributed by atoms with Crippen molar-refractivity contribution in [1.82, 2.24) is 4.67 Å². The molecule has 2 aliphatic rings. The molecule has 4 aromatic carbocycles. The molecule has 2 atom stereocenters. The summed E-state index contributed by atoms with van der Waals surface area (Å²) in [7, 11) is -1.58. The molecule has 0 radical (unpaired) electrons. The highest BCUT2D eigenvalue weighted by Crippen LogP contribution is 2.64. The zero-order chi connectivity index (χ0) is 26.8. The SMILES string of the molecule is C=Cc1ccc(-c2ccc(COc3cccc(OC)c3P3(=O)N(c4ccccc4)C[C@H]4CCCN43)cc2)cc1. The second-order valence-electron chi connectivity index (χ2n) is 10.0. The Morgan fingerprint density at radius 3 is 2.28 bits per heavy atom. The van der Waals surface area contributed by atoms with Crippen LogP contribution in [0.1, 0.15) is 24.0 Å². The van der Waals surface area contributed by atoms with Crippen molar-refractivity contribution < 1.29 is 14.0 Å². The number of benzene rings is 4. The van der Waals surface area contributed by atoms with Crippen LogP contribution in [0, 0.1) is 0 Å². The number of methoxy groups -OCH3 is 1. The molecule has 6 heteroatoms. The Hall–Kier alpha value is -3.79. The van der Waals surface area contributed by atoms with Gasteiger partial charge in [0.25, 0.3) is 7.44 Å². The Balaban J connectivity index is 1.31. The van der Waals surface area contributed by atoms with E-state index in [1.54, 1.807) is 7.11 Å². The van der Waals surface area contributed by atoms with E-state index in [0.717, 1.165) is 53.9 Å². The van der Waals surface area contributed by atoms with E-state index in [9.17, 15) is 0 Å². The molecule has 2 aliphatic heterocycles. The third-order valence-corrected chi connectivity index (χ3v) is 11.1. The van der Waals surface area contributed by atoms with Crippen LogP contribution in [0.2, 0.25) is 0 Å². The van der Waals surface area contributed by atoms with Crippen molar-refractivity contribution in [3.8, 4) is 22.6 Å². The predicted molar refractivity (Wildman–Crippen MR) is 160 cm³/mol. The Bertz CT molecular complexity index is 1500. The molecule has 0 N–H and O–H groups in total. The highest BCUT2D eigenvalue weighted by atomic mass is 31.2. The van der Waals surface area contributed by atoms with Gasteiger partial charge in [0.2, 0.25) is 0 Å². The number of hydrogen-bond donors (Lipinski definition) is 0. The molecule has 2 saturated heterocycles. The monoisotopic (exact) mass is 536 g/mol. The van der Waals surface area contributed by atoms with Crippen LogP contribution in [0.25, 0.3) is 17.2 Å². The van der Waals surface area contributed by atoms with Gasteiger partial charge in [-0.15, -0.1) is 0 Å². The molecule has 5 nitrogen and oxygen atoms in total. The summed E-state index contributed by atoms with van der Waals surface area (Å²) in [5.74, 6) is 1.21. The number of fused-ring (bicyclic) bond motifs is 1. The predicted octanol–water partition coefficient (Wildman–Crippen LogP) is 7.39. The van der Waals surface area contributed by atoms with Gasteiger partial charge in [-0.1, -0.05) is 85.5 Å². The first-order chi connectivity index (χ1) is 19.1. The summed E-state index contributed by atoms with van der Waals surface area (Å²) in [4.78, 5) is 0. The van der Waals surface area contributed by atoms with Gasteiger partial charge in [0.05, 0.1) is 7.11 Å². The largest absolute Gasteiger partial charge is 0.496 e. The fraction of sp³-hybridized carbons (Fsp3) is 0.212. The van der Waals surface area contributed by atoms with Gasteiger partial charge in [-0.2, -0.15) is 0 Å². The molecule has 0 amide bonds. The van der Waals surface area contributed by atoms with Crippen molar-refractivity contribution in [2.75, 3.05) is 24.9 Å². The molecule has 2 fully saturated rings. The second kappa shape index (κ2) is 10.8. The number of rotatable bonds is 8. The van der Waals surface area contributed by atoms with E-state index in [0.29, 0.717) is 23.4 Å². The van der Waals surface area contributed by atoms with Crippen LogP contribution >= 0.6 is 7.44 Å². The van der Waals surface area contributed by atoms with Crippen LogP contribution in [-0.2, 0) is 11.2 Å². The lowest BCUT2D eigenvalue weighted by molar-refractivity contribution is 0.306. The topological polar surface area (TPSA) is 42.0 Å². The van der Waals surface area contributed by atoms with Gasteiger partial charge in [0.15, 0.2) is 0 Å². The lowest BCUT2D eigenvalue weighted by atomic mass is 10.0. The minimum Gasteiger partial charge on any atom is -0.496 e. The molecule has 4 aromatic rings. The molecule has 0 aliphatic carbocycles. The van der Waals surface area contributed by atoms with Crippen molar-refractivity contribution in [3.63, 3.8) is 0 Å². The zero-order valence-electron chi connectivity index (χ0n) is 22.2. The number of nitrogens with zero attached hydrogens (tertiary/aromatic N) is 2. The van der Waals surface area contributed by atoms with Gasteiger partial charge in [-0.3, -0.25) is 4.57 Å². The molecule has 0 saturated carbocycles. The molecule has 39 heavy (non-hydrogen) atoms. The molecule has 1 unspecified atom stereocenters. The Labute approximate surface area is 230 Å². The van der Waals surface area contributed by atoms with Crippen molar-refractivity contribution in [1.29, 1.82) is 0 Å². The summed E-state index contributed by atoms with van der Waals surface area (Å²) in [5, 5.41) is 0.652. The Kier molecular flexibility index (Phi) is 7.03. The number of para-hydroxylation sites is 1. The van der Waals surface area contributed by atoms with Crippen LogP contribution in [0.4, 0.5) is 5.69 Å². The smallest absolute Gasteiger partial charge is 0.276 e. The Morgan fingerprint density at radius 1 is 0.897 bits per heavy atom. The van der Waals surface area contributed by atoms with E-state index in [1.165, 1.54) is 0 Å².